The largest absolute Gasteiger partial charge is 0.383 e. The molecule has 0 aliphatic heterocycles. The summed E-state index contributed by atoms with van der Waals surface area (Å²) in [5.74, 6) is -0.000506. The van der Waals surface area contributed by atoms with Gasteiger partial charge in [-0.05, 0) is 19.2 Å². The molecule has 0 radical (unpaired) electrons. The van der Waals surface area contributed by atoms with Gasteiger partial charge in [0.15, 0.2) is 10.9 Å². The van der Waals surface area contributed by atoms with Crippen molar-refractivity contribution in [3.63, 3.8) is 0 Å². The molecule has 0 spiro atoms. The van der Waals surface area contributed by atoms with Crippen molar-refractivity contribution in [2.75, 3.05) is 20.4 Å². The number of rotatable bonds is 4. The Kier molecular flexibility index (Phi) is 4.49. The van der Waals surface area contributed by atoms with E-state index < -0.39 is 0 Å². The molecular formula is C11H15N3OS. The summed E-state index contributed by atoms with van der Waals surface area (Å²) < 4.78 is 0. The van der Waals surface area contributed by atoms with Gasteiger partial charge in [0, 0.05) is 26.5 Å². The van der Waals surface area contributed by atoms with E-state index in [1.54, 1.807) is 18.5 Å². The van der Waals surface area contributed by atoms with Crippen LogP contribution in [0.25, 0.3) is 5.57 Å². The van der Waals surface area contributed by atoms with Gasteiger partial charge in [-0.1, -0.05) is 11.8 Å². The monoisotopic (exact) mass is 237 g/mol. The van der Waals surface area contributed by atoms with E-state index in [-0.39, 0.29) is 5.78 Å². The van der Waals surface area contributed by atoms with Gasteiger partial charge in [0.05, 0.1) is 11.3 Å². The molecule has 0 aromatic carbocycles. The molecule has 1 rings (SSSR count). The van der Waals surface area contributed by atoms with Gasteiger partial charge in [-0.25, -0.2) is 9.97 Å². The average Bonchev–Trinajstić information content (AvgIpc) is 2.25. The molecule has 1 heterocycles. The van der Waals surface area contributed by atoms with Crippen molar-refractivity contribution in [3.8, 4) is 0 Å². The molecule has 0 aliphatic carbocycles. The Morgan fingerprint density at radius 3 is 2.69 bits per heavy atom. The van der Waals surface area contributed by atoms with Crippen molar-refractivity contribution in [1.82, 2.24) is 14.9 Å². The quantitative estimate of drug-likeness (QED) is 0.453. The van der Waals surface area contributed by atoms with Gasteiger partial charge in [0.25, 0.3) is 0 Å². The number of hydrogen-bond donors (Lipinski definition) is 0. The first kappa shape index (κ1) is 12.7. The fourth-order valence-electron chi connectivity index (χ4n) is 1.18. The number of aromatic nitrogens is 2. The lowest BCUT2D eigenvalue weighted by Crippen LogP contribution is -2.08. The number of hydrogen-bond acceptors (Lipinski definition) is 5. The molecule has 5 heteroatoms. The molecule has 0 unspecified atom stereocenters. The van der Waals surface area contributed by atoms with Gasteiger partial charge in [0.1, 0.15) is 0 Å². The molecule has 86 valence electrons. The van der Waals surface area contributed by atoms with Crippen molar-refractivity contribution in [3.05, 3.63) is 24.2 Å². The van der Waals surface area contributed by atoms with Crippen LogP contribution in [0.1, 0.15) is 12.6 Å². The third-order valence-corrected chi connectivity index (χ3v) is 2.42. The first-order valence-corrected chi connectivity index (χ1v) is 6.03. The number of nitrogens with zero attached hydrogens (tertiary/aromatic N) is 3. The summed E-state index contributed by atoms with van der Waals surface area (Å²) in [5, 5.41) is 0.670. The number of carbonyl (C=O) groups excluding carboxylic acids is 1. The topological polar surface area (TPSA) is 46.1 Å². The third kappa shape index (κ3) is 3.34. The van der Waals surface area contributed by atoms with Gasteiger partial charge < -0.3 is 4.90 Å². The van der Waals surface area contributed by atoms with Crippen molar-refractivity contribution >= 4 is 23.1 Å². The fraction of sp³-hybridized carbons (Fsp3) is 0.364. The van der Waals surface area contributed by atoms with Crippen LogP contribution >= 0.6 is 11.8 Å². The second-order valence-corrected chi connectivity index (χ2v) is 4.26. The van der Waals surface area contributed by atoms with E-state index in [1.807, 2.05) is 25.3 Å². The Morgan fingerprint density at radius 2 is 2.19 bits per heavy atom. The minimum absolute atomic E-state index is 0.000506. The van der Waals surface area contributed by atoms with E-state index in [4.69, 9.17) is 0 Å². The third-order valence-electron chi connectivity index (χ3n) is 1.86. The maximum Gasteiger partial charge on any atom is 0.187 e. The molecule has 0 aliphatic rings. The van der Waals surface area contributed by atoms with Crippen LogP contribution in [0.3, 0.4) is 0 Å². The standard InChI is InChI=1S/C11H15N3OS/c1-8(15)9(7-14(2)3)10-5-6-12-11(13-10)16-4/h5-7H,1-4H3/b9-7-. The molecule has 16 heavy (non-hydrogen) atoms. The van der Waals surface area contributed by atoms with E-state index in [1.165, 1.54) is 18.7 Å². The maximum atomic E-state index is 11.5. The lowest BCUT2D eigenvalue weighted by molar-refractivity contribution is -0.111. The van der Waals surface area contributed by atoms with Crippen molar-refractivity contribution in [2.24, 2.45) is 0 Å². The molecule has 4 nitrogen and oxygen atoms in total. The molecule has 0 amide bonds. The summed E-state index contributed by atoms with van der Waals surface area (Å²) in [6.07, 6.45) is 5.34. The molecular weight excluding hydrogens is 222 g/mol. The zero-order chi connectivity index (χ0) is 12.1. The molecule has 0 fully saturated rings. The first-order chi connectivity index (χ1) is 7.54. The Labute approximate surface area is 99.8 Å². The van der Waals surface area contributed by atoms with E-state index in [9.17, 15) is 4.79 Å². The number of ketones is 1. The predicted molar refractivity (Wildman–Crippen MR) is 66.2 cm³/mol. The predicted octanol–water partition coefficient (Wildman–Crippen LogP) is 1.69. The van der Waals surface area contributed by atoms with E-state index in [0.29, 0.717) is 16.4 Å². The van der Waals surface area contributed by atoms with Crippen LogP contribution in [-0.2, 0) is 4.79 Å². The highest BCUT2D eigenvalue weighted by Crippen LogP contribution is 2.16. The fourth-order valence-corrected chi connectivity index (χ4v) is 1.54. The van der Waals surface area contributed by atoms with Crippen LogP contribution in [0, 0.1) is 0 Å². The van der Waals surface area contributed by atoms with Crippen LogP contribution in [0.4, 0.5) is 0 Å². The van der Waals surface area contributed by atoms with Crippen molar-refractivity contribution in [2.45, 2.75) is 12.1 Å². The molecule has 0 atom stereocenters. The highest BCUT2D eigenvalue weighted by molar-refractivity contribution is 7.98. The Morgan fingerprint density at radius 1 is 1.50 bits per heavy atom. The van der Waals surface area contributed by atoms with E-state index >= 15 is 0 Å². The summed E-state index contributed by atoms with van der Waals surface area (Å²) in [4.78, 5) is 21.7. The van der Waals surface area contributed by atoms with Crippen molar-refractivity contribution < 1.29 is 4.79 Å². The normalized spacial score (nSPS) is 11.4. The zero-order valence-electron chi connectivity index (χ0n) is 9.89. The second-order valence-electron chi connectivity index (χ2n) is 3.49. The first-order valence-electron chi connectivity index (χ1n) is 4.81. The van der Waals surface area contributed by atoms with Crippen LogP contribution in [0.15, 0.2) is 23.6 Å². The Hall–Kier alpha value is -1.36. The summed E-state index contributed by atoms with van der Waals surface area (Å²) >= 11 is 1.46. The van der Waals surface area contributed by atoms with Gasteiger partial charge in [0.2, 0.25) is 0 Å². The lowest BCUT2D eigenvalue weighted by atomic mass is 10.1. The van der Waals surface area contributed by atoms with E-state index in [2.05, 4.69) is 9.97 Å². The Bertz CT molecular complexity index is 415. The minimum atomic E-state index is -0.000506. The molecule has 0 N–H and O–H groups in total. The highest BCUT2D eigenvalue weighted by atomic mass is 32.2. The van der Waals surface area contributed by atoms with Gasteiger partial charge in [-0.2, -0.15) is 0 Å². The molecule has 1 aromatic rings. The zero-order valence-corrected chi connectivity index (χ0v) is 10.7. The lowest BCUT2D eigenvalue weighted by Gasteiger charge is -2.09. The minimum Gasteiger partial charge on any atom is -0.383 e. The van der Waals surface area contributed by atoms with Gasteiger partial charge in [-0.3, -0.25) is 4.79 Å². The van der Waals surface area contributed by atoms with E-state index in [0.717, 1.165) is 0 Å². The molecule has 0 bridgehead atoms. The van der Waals surface area contributed by atoms with Crippen molar-refractivity contribution in [1.29, 1.82) is 0 Å². The van der Waals surface area contributed by atoms with Crippen LogP contribution in [-0.4, -0.2) is 41.0 Å². The number of thioether (sulfide) groups is 1. The average molecular weight is 237 g/mol. The van der Waals surface area contributed by atoms with Gasteiger partial charge in [-0.15, -0.1) is 0 Å². The maximum absolute atomic E-state index is 11.5. The number of carbonyl (C=O) groups is 1. The van der Waals surface area contributed by atoms with Crippen LogP contribution < -0.4 is 0 Å². The smallest absolute Gasteiger partial charge is 0.187 e. The summed E-state index contributed by atoms with van der Waals surface area (Å²) in [5.41, 5.74) is 1.27. The van der Waals surface area contributed by atoms with Crippen LogP contribution in [0.2, 0.25) is 0 Å². The van der Waals surface area contributed by atoms with Crippen LogP contribution in [0.5, 0.6) is 0 Å². The summed E-state index contributed by atoms with van der Waals surface area (Å²) in [7, 11) is 3.75. The number of allylic oxidation sites excluding steroid dienone is 1. The molecule has 0 saturated heterocycles. The molecule has 0 saturated carbocycles. The van der Waals surface area contributed by atoms with Gasteiger partial charge >= 0.3 is 0 Å². The molecule has 1 aromatic heterocycles. The number of Topliss-reactive ketones (excluding diaryl/α,β-unsaturated/α-hetero) is 1. The SMILES string of the molecule is CSc1nccc(/C(=C\N(C)C)C(C)=O)n1. The summed E-state index contributed by atoms with van der Waals surface area (Å²) in [6.45, 7) is 1.54. The highest BCUT2D eigenvalue weighted by Gasteiger charge is 2.10. The Balaban J connectivity index is 3.16. The summed E-state index contributed by atoms with van der Waals surface area (Å²) in [6, 6.07) is 1.75. The second kappa shape index (κ2) is 5.65.